The molecule has 3 aromatic rings. The van der Waals surface area contributed by atoms with Crippen LogP contribution >= 0.6 is 11.3 Å². The number of nitrogens with one attached hydrogen (secondary N) is 1. The molecule has 1 aromatic carbocycles. The van der Waals surface area contributed by atoms with Crippen LogP contribution in [0, 0.1) is 0 Å². The molecule has 0 radical (unpaired) electrons. The van der Waals surface area contributed by atoms with Gasteiger partial charge in [0.15, 0.2) is 5.13 Å². The molecule has 1 amide bonds. The Labute approximate surface area is 118 Å². The molecule has 3 rings (SSSR count). The number of nitrogens with two attached hydrogens (primary N) is 1. The molecule has 6 nitrogen and oxygen atoms in total. The summed E-state index contributed by atoms with van der Waals surface area (Å²) in [6.45, 7) is 0. The van der Waals surface area contributed by atoms with Gasteiger partial charge in [-0.15, -0.1) is 11.3 Å². The van der Waals surface area contributed by atoms with Gasteiger partial charge in [-0.25, -0.2) is 9.97 Å². The largest absolute Gasteiger partial charge is 0.375 e. The van der Waals surface area contributed by atoms with Crippen molar-refractivity contribution in [2.45, 2.75) is 0 Å². The maximum absolute atomic E-state index is 12.1. The third-order valence-electron chi connectivity index (χ3n) is 2.69. The summed E-state index contributed by atoms with van der Waals surface area (Å²) < 4.78 is 1.82. The minimum absolute atomic E-state index is 0.287. The van der Waals surface area contributed by atoms with Crippen LogP contribution in [0.2, 0.25) is 0 Å². The highest BCUT2D eigenvalue weighted by atomic mass is 32.1. The monoisotopic (exact) mass is 285 g/mol. The van der Waals surface area contributed by atoms with Crippen LogP contribution < -0.4 is 11.1 Å². The number of anilines is 2. The molecule has 20 heavy (non-hydrogen) atoms. The van der Waals surface area contributed by atoms with E-state index in [1.807, 2.05) is 35.0 Å². The van der Waals surface area contributed by atoms with Gasteiger partial charge in [0.05, 0.1) is 17.7 Å². The van der Waals surface area contributed by atoms with E-state index in [0.29, 0.717) is 16.5 Å². The number of para-hydroxylation sites is 2. The number of imidazole rings is 1. The lowest BCUT2D eigenvalue weighted by molar-refractivity contribution is 0.102. The smallest absolute Gasteiger partial charge is 0.275 e. The first-order chi connectivity index (χ1) is 9.74. The summed E-state index contributed by atoms with van der Waals surface area (Å²) in [5, 5.41) is 4.83. The molecule has 7 heteroatoms. The Bertz CT molecular complexity index is 735. The van der Waals surface area contributed by atoms with Crippen molar-refractivity contribution in [3.05, 3.63) is 54.1 Å². The van der Waals surface area contributed by atoms with Crippen molar-refractivity contribution in [2.75, 3.05) is 11.1 Å². The van der Waals surface area contributed by atoms with Gasteiger partial charge in [-0.05, 0) is 12.1 Å². The molecule has 0 unspecified atom stereocenters. The Morgan fingerprint density at radius 2 is 2.20 bits per heavy atom. The quantitative estimate of drug-likeness (QED) is 0.772. The van der Waals surface area contributed by atoms with E-state index in [2.05, 4.69) is 15.3 Å². The van der Waals surface area contributed by atoms with E-state index >= 15 is 0 Å². The molecule has 2 heterocycles. The molecule has 0 saturated heterocycles. The zero-order chi connectivity index (χ0) is 13.9. The predicted octanol–water partition coefficient (Wildman–Crippen LogP) is 2.16. The number of thiazole rings is 1. The fraction of sp³-hybridized carbons (Fsp3) is 0. The normalized spacial score (nSPS) is 10.4. The maximum atomic E-state index is 12.1. The summed E-state index contributed by atoms with van der Waals surface area (Å²) in [6, 6.07) is 7.47. The zero-order valence-electron chi connectivity index (χ0n) is 10.4. The van der Waals surface area contributed by atoms with Gasteiger partial charge in [-0.1, -0.05) is 12.1 Å². The van der Waals surface area contributed by atoms with Crippen molar-refractivity contribution in [1.29, 1.82) is 0 Å². The van der Waals surface area contributed by atoms with Gasteiger partial charge < -0.3 is 15.6 Å². The van der Waals surface area contributed by atoms with Gasteiger partial charge >= 0.3 is 0 Å². The molecule has 0 fully saturated rings. The molecular weight excluding hydrogens is 274 g/mol. The summed E-state index contributed by atoms with van der Waals surface area (Å²) >= 11 is 1.24. The summed E-state index contributed by atoms with van der Waals surface area (Å²) in [7, 11) is 0. The van der Waals surface area contributed by atoms with E-state index < -0.39 is 0 Å². The van der Waals surface area contributed by atoms with Crippen molar-refractivity contribution in [1.82, 2.24) is 14.5 Å². The second-order valence-corrected chi connectivity index (χ2v) is 4.90. The number of nitrogen functional groups attached to an aromatic ring is 1. The van der Waals surface area contributed by atoms with Crippen LogP contribution in [0.15, 0.2) is 48.4 Å². The van der Waals surface area contributed by atoms with Crippen molar-refractivity contribution >= 4 is 28.1 Å². The third kappa shape index (κ3) is 2.39. The first-order valence-corrected chi connectivity index (χ1v) is 6.72. The van der Waals surface area contributed by atoms with Crippen LogP contribution in [0.4, 0.5) is 10.8 Å². The van der Waals surface area contributed by atoms with Gasteiger partial charge in [-0.2, -0.15) is 0 Å². The number of rotatable bonds is 3. The van der Waals surface area contributed by atoms with Gasteiger partial charge in [0.2, 0.25) is 0 Å². The number of hydrogen-bond acceptors (Lipinski definition) is 5. The fourth-order valence-electron chi connectivity index (χ4n) is 1.78. The van der Waals surface area contributed by atoms with Crippen LogP contribution in [0.1, 0.15) is 10.5 Å². The van der Waals surface area contributed by atoms with Gasteiger partial charge in [0.25, 0.3) is 5.91 Å². The van der Waals surface area contributed by atoms with Crippen LogP contribution in [-0.4, -0.2) is 20.4 Å². The van der Waals surface area contributed by atoms with Gasteiger partial charge in [0.1, 0.15) is 5.69 Å². The lowest BCUT2D eigenvalue weighted by Crippen LogP contribution is -2.14. The maximum Gasteiger partial charge on any atom is 0.275 e. The Morgan fingerprint density at radius 3 is 2.90 bits per heavy atom. The van der Waals surface area contributed by atoms with E-state index in [9.17, 15) is 4.79 Å². The molecule has 0 spiro atoms. The molecule has 0 aliphatic heterocycles. The number of nitrogens with zero attached hydrogens (tertiary/aromatic N) is 3. The molecule has 2 aromatic heterocycles. The number of aromatic nitrogens is 3. The third-order valence-corrected chi connectivity index (χ3v) is 3.36. The van der Waals surface area contributed by atoms with Crippen molar-refractivity contribution < 1.29 is 4.79 Å². The SMILES string of the molecule is Nc1nc(C(=O)Nc2ccccc2-n2ccnc2)cs1. The highest BCUT2D eigenvalue weighted by molar-refractivity contribution is 7.13. The van der Waals surface area contributed by atoms with Gasteiger partial charge in [0, 0.05) is 17.8 Å². The van der Waals surface area contributed by atoms with E-state index in [1.165, 1.54) is 11.3 Å². The van der Waals surface area contributed by atoms with Crippen LogP contribution in [0.5, 0.6) is 0 Å². The van der Waals surface area contributed by atoms with Crippen LogP contribution in [-0.2, 0) is 0 Å². The Kier molecular flexibility index (Phi) is 3.18. The molecule has 0 aliphatic carbocycles. The van der Waals surface area contributed by atoms with Crippen molar-refractivity contribution in [2.24, 2.45) is 0 Å². The predicted molar refractivity (Wildman–Crippen MR) is 78.0 cm³/mol. The first-order valence-electron chi connectivity index (χ1n) is 5.84. The summed E-state index contributed by atoms with van der Waals surface area (Å²) in [5.41, 5.74) is 7.36. The molecule has 0 aliphatic rings. The standard InChI is InChI=1S/C13H11N5OS/c14-13-17-10(7-20-13)12(19)16-9-3-1-2-4-11(9)18-6-5-15-8-18/h1-8H,(H2,14,17)(H,16,19). The average molecular weight is 285 g/mol. The van der Waals surface area contributed by atoms with Crippen molar-refractivity contribution in [3.63, 3.8) is 0 Å². The van der Waals surface area contributed by atoms with E-state index in [4.69, 9.17) is 5.73 Å². The second-order valence-electron chi connectivity index (χ2n) is 4.01. The van der Waals surface area contributed by atoms with E-state index in [0.717, 1.165) is 5.69 Å². The Morgan fingerprint density at radius 1 is 1.35 bits per heavy atom. The molecule has 100 valence electrons. The summed E-state index contributed by atoms with van der Waals surface area (Å²) in [5.74, 6) is -0.287. The summed E-state index contributed by atoms with van der Waals surface area (Å²) in [6.07, 6.45) is 5.16. The van der Waals surface area contributed by atoms with Crippen LogP contribution in [0.3, 0.4) is 0 Å². The molecule has 3 N–H and O–H groups in total. The Hall–Kier alpha value is -2.67. The van der Waals surface area contributed by atoms with Crippen molar-refractivity contribution in [3.8, 4) is 5.69 Å². The zero-order valence-corrected chi connectivity index (χ0v) is 11.2. The number of benzene rings is 1. The summed E-state index contributed by atoms with van der Waals surface area (Å²) in [4.78, 5) is 20.1. The van der Waals surface area contributed by atoms with Gasteiger partial charge in [-0.3, -0.25) is 4.79 Å². The topological polar surface area (TPSA) is 85.8 Å². The fourth-order valence-corrected chi connectivity index (χ4v) is 2.33. The molecule has 0 bridgehead atoms. The molecule has 0 saturated carbocycles. The lowest BCUT2D eigenvalue weighted by Gasteiger charge is -2.10. The Balaban J connectivity index is 1.90. The molecular formula is C13H11N5OS. The average Bonchev–Trinajstić information content (AvgIpc) is 3.10. The minimum Gasteiger partial charge on any atom is -0.375 e. The second kappa shape index (κ2) is 5.14. The highest BCUT2D eigenvalue weighted by Crippen LogP contribution is 2.21. The number of carbonyl (C=O) groups excluding carboxylic acids is 1. The number of amides is 1. The highest BCUT2D eigenvalue weighted by Gasteiger charge is 2.12. The number of carbonyl (C=O) groups is 1. The lowest BCUT2D eigenvalue weighted by atomic mass is 10.2. The van der Waals surface area contributed by atoms with E-state index in [-0.39, 0.29) is 5.91 Å². The van der Waals surface area contributed by atoms with E-state index in [1.54, 1.807) is 17.9 Å². The first kappa shape index (κ1) is 12.4. The molecule has 0 atom stereocenters. The minimum atomic E-state index is -0.287. The van der Waals surface area contributed by atoms with Crippen LogP contribution in [0.25, 0.3) is 5.69 Å². The number of hydrogen-bond donors (Lipinski definition) is 2.